The molecule has 0 saturated carbocycles. The van der Waals surface area contributed by atoms with Crippen molar-refractivity contribution in [3.63, 3.8) is 0 Å². The molecule has 0 radical (unpaired) electrons. The largest absolute Gasteiger partial charge is 0.506 e. The second-order valence-electron chi connectivity index (χ2n) is 5.40. The van der Waals surface area contributed by atoms with Crippen LogP contribution in [0.3, 0.4) is 0 Å². The lowest BCUT2D eigenvalue weighted by Gasteiger charge is -2.13. The molecule has 24 heavy (non-hydrogen) atoms. The molecule has 2 aromatic carbocycles. The molecular weight excluding hydrogens is 352 g/mol. The average Bonchev–Trinajstić information content (AvgIpc) is 2.50. The normalized spacial score (nSPS) is 11.5. The Hall–Kier alpha value is -2.09. The molecule has 0 aliphatic heterocycles. The van der Waals surface area contributed by atoms with E-state index in [0.717, 1.165) is 9.87 Å². The summed E-state index contributed by atoms with van der Waals surface area (Å²) in [5.74, 6) is -0.702. The predicted molar refractivity (Wildman–Crippen MR) is 93.1 cm³/mol. The second kappa shape index (κ2) is 6.80. The minimum Gasteiger partial charge on any atom is -0.506 e. The number of aromatic hydroxyl groups is 1. The van der Waals surface area contributed by atoms with Gasteiger partial charge in [0.25, 0.3) is 5.91 Å². The van der Waals surface area contributed by atoms with Crippen LogP contribution in [0.25, 0.3) is 0 Å². The van der Waals surface area contributed by atoms with E-state index in [0.29, 0.717) is 0 Å². The summed E-state index contributed by atoms with van der Waals surface area (Å²) in [5, 5.41) is 12.5. The lowest BCUT2D eigenvalue weighted by atomic mass is 10.2. The van der Waals surface area contributed by atoms with Gasteiger partial charge < -0.3 is 10.4 Å². The molecule has 0 bridgehead atoms. The Kier molecular flexibility index (Phi) is 5.17. The van der Waals surface area contributed by atoms with Crippen molar-refractivity contribution in [3.05, 3.63) is 52.5 Å². The number of hydrogen-bond donors (Lipinski definition) is 2. The lowest BCUT2D eigenvalue weighted by molar-refractivity contribution is 0.102. The first-order valence-electron chi connectivity index (χ1n) is 6.96. The van der Waals surface area contributed by atoms with Gasteiger partial charge in [-0.15, -0.1) is 0 Å². The quantitative estimate of drug-likeness (QED) is 0.812. The Morgan fingerprint density at radius 3 is 2.42 bits per heavy atom. The van der Waals surface area contributed by atoms with Crippen LogP contribution in [0.2, 0.25) is 5.02 Å². The highest BCUT2D eigenvalue weighted by atomic mass is 35.5. The van der Waals surface area contributed by atoms with Gasteiger partial charge in [0.05, 0.1) is 21.2 Å². The number of hydrogen-bond acceptors (Lipinski definition) is 4. The Morgan fingerprint density at radius 2 is 1.83 bits per heavy atom. The topological polar surface area (TPSA) is 86.7 Å². The maximum Gasteiger partial charge on any atom is 0.257 e. The zero-order valence-electron chi connectivity index (χ0n) is 13.4. The van der Waals surface area contributed by atoms with Crippen LogP contribution >= 0.6 is 11.6 Å². The minimum atomic E-state index is -3.69. The van der Waals surface area contributed by atoms with Gasteiger partial charge in [0.1, 0.15) is 5.75 Å². The number of carbonyl (C=O) groups is 1. The fourth-order valence-corrected chi connectivity index (χ4v) is 3.12. The van der Waals surface area contributed by atoms with E-state index in [-0.39, 0.29) is 26.9 Å². The van der Waals surface area contributed by atoms with Gasteiger partial charge in [-0.05, 0) is 42.8 Å². The van der Waals surface area contributed by atoms with Crippen LogP contribution in [0.1, 0.15) is 15.9 Å². The summed E-state index contributed by atoms with van der Waals surface area (Å²) >= 11 is 6.02. The summed E-state index contributed by atoms with van der Waals surface area (Å²) in [4.78, 5) is 12.4. The van der Waals surface area contributed by atoms with Crippen LogP contribution in [0, 0.1) is 6.92 Å². The molecule has 0 heterocycles. The highest BCUT2D eigenvalue weighted by Gasteiger charge is 2.21. The van der Waals surface area contributed by atoms with Gasteiger partial charge in [-0.3, -0.25) is 4.79 Å². The Bertz CT molecular complexity index is 895. The summed E-state index contributed by atoms with van der Waals surface area (Å²) in [6.07, 6.45) is 0. The molecule has 0 saturated heterocycles. The summed E-state index contributed by atoms with van der Waals surface area (Å²) in [5.41, 5.74) is 1.05. The van der Waals surface area contributed by atoms with E-state index < -0.39 is 15.9 Å². The first kappa shape index (κ1) is 18.3. The molecule has 6 nitrogen and oxygen atoms in total. The molecule has 0 spiro atoms. The van der Waals surface area contributed by atoms with Crippen LogP contribution in [0.5, 0.6) is 5.75 Å². The van der Waals surface area contributed by atoms with E-state index in [1.54, 1.807) is 19.1 Å². The van der Waals surface area contributed by atoms with Crippen LogP contribution < -0.4 is 5.32 Å². The van der Waals surface area contributed by atoms with Gasteiger partial charge in [-0.2, -0.15) is 0 Å². The third-order valence-corrected chi connectivity index (χ3v) is 5.50. The highest BCUT2D eigenvalue weighted by molar-refractivity contribution is 7.89. The van der Waals surface area contributed by atoms with Crippen molar-refractivity contribution in [3.8, 4) is 5.75 Å². The molecule has 2 N–H and O–H groups in total. The number of nitrogens with zero attached hydrogens (tertiary/aromatic N) is 1. The number of amides is 1. The SMILES string of the molecule is Cc1ccc(NC(=O)c2cc(S(=O)(=O)N(C)C)ccc2Cl)c(O)c1. The number of aryl methyl sites for hydroxylation is 1. The first-order chi connectivity index (χ1) is 11.1. The van der Waals surface area contributed by atoms with Crippen LogP contribution in [-0.4, -0.2) is 37.8 Å². The van der Waals surface area contributed by atoms with Gasteiger partial charge >= 0.3 is 0 Å². The number of halogens is 1. The number of phenolic OH excluding ortho intramolecular Hbond substituents is 1. The zero-order valence-corrected chi connectivity index (χ0v) is 14.9. The van der Waals surface area contributed by atoms with Crippen molar-refractivity contribution in [2.45, 2.75) is 11.8 Å². The van der Waals surface area contributed by atoms with Crippen molar-refractivity contribution in [2.75, 3.05) is 19.4 Å². The fourth-order valence-electron chi connectivity index (χ4n) is 1.99. The molecule has 0 aromatic heterocycles. The number of nitrogens with one attached hydrogen (secondary N) is 1. The van der Waals surface area contributed by atoms with Gasteiger partial charge in [0.15, 0.2) is 0 Å². The Morgan fingerprint density at radius 1 is 1.17 bits per heavy atom. The molecule has 0 fully saturated rings. The molecular formula is C16H17ClN2O4S. The zero-order chi connectivity index (χ0) is 18.1. The number of phenols is 1. The van der Waals surface area contributed by atoms with E-state index in [9.17, 15) is 18.3 Å². The molecule has 0 atom stereocenters. The van der Waals surface area contributed by atoms with Crippen molar-refractivity contribution in [1.29, 1.82) is 0 Å². The maximum absolute atomic E-state index is 12.4. The van der Waals surface area contributed by atoms with Crippen molar-refractivity contribution in [1.82, 2.24) is 4.31 Å². The summed E-state index contributed by atoms with van der Waals surface area (Å²) in [6, 6.07) is 8.67. The number of benzene rings is 2. The monoisotopic (exact) mass is 368 g/mol. The summed E-state index contributed by atoms with van der Waals surface area (Å²) < 4.78 is 25.4. The maximum atomic E-state index is 12.4. The van der Waals surface area contributed by atoms with Crippen molar-refractivity contribution < 1.29 is 18.3 Å². The van der Waals surface area contributed by atoms with Crippen molar-refractivity contribution in [2.24, 2.45) is 0 Å². The van der Waals surface area contributed by atoms with Gasteiger partial charge in [0, 0.05) is 14.1 Å². The molecule has 0 aliphatic rings. The lowest BCUT2D eigenvalue weighted by Crippen LogP contribution is -2.23. The smallest absolute Gasteiger partial charge is 0.257 e. The van der Waals surface area contributed by atoms with Crippen LogP contribution in [0.15, 0.2) is 41.3 Å². The van der Waals surface area contributed by atoms with Crippen LogP contribution in [-0.2, 0) is 10.0 Å². The van der Waals surface area contributed by atoms with E-state index >= 15 is 0 Å². The van der Waals surface area contributed by atoms with E-state index in [1.807, 2.05) is 0 Å². The number of carbonyl (C=O) groups excluding carboxylic acids is 1. The molecule has 2 rings (SSSR count). The molecule has 0 unspecified atom stereocenters. The average molecular weight is 369 g/mol. The third-order valence-electron chi connectivity index (χ3n) is 3.36. The van der Waals surface area contributed by atoms with E-state index in [4.69, 9.17) is 11.6 Å². The Labute approximate surface area is 145 Å². The predicted octanol–water partition coefficient (Wildman–Crippen LogP) is 2.86. The van der Waals surface area contributed by atoms with Gasteiger partial charge in [-0.1, -0.05) is 17.7 Å². The number of sulfonamides is 1. The second-order valence-corrected chi connectivity index (χ2v) is 7.96. The first-order valence-corrected chi connectivity index (χ1v) is 8.78. The number of rotatable bonds is 4. The fraction of sp³-hybridized carbons (Fsp3) is 0.188. The van der Waals surface area contributed by atoms with Gasteiger partial charge in [0.2, 0.25) is 10.0 Å². The third kappa shape index (κ3) is 3.69. The van der Waals surface area contributed by atoms with E-state index in [1.165, 1.54) is 38.4 Å². The molecule has 1 amide bonds. The van der Waals surface area contributed by atoms with E-state index in [2.05, 4.69) is 5.32 Å². The summed E-state index contributed by atoms with van der Waals surface area (Å²) in [7, 11) is -0.897. The molecule has 8 heteroatoms. The number of anilines is 1. The highest BCUT2D eigenvalue weighted by Crippen LogP contribution is 2.27. The van der Waals surface area contributed by atoms with Crippen molar-refractivity contribution >= 4 is 33.2 Å². The minimum absolute atomic E-state index is 0.000401. The summed E-state index contributed by atoms with van der Waals surface area (Å²) in [6.45, 7) is 1.80. The molecule has 2 aromatic rings. The standard InChI is InChI=1S/C16H17ClN2O4S/c1-10-4-7-14(15(20)8-10)18-16(21)12-9-11(5-6-13(12)17)24(22,23)19(2)3/h4-9,20H,1-3H3,(H,18,21). The Balaban J connectivity index is 2.39. The van der Waals surface area contributed by atoms with Crippen LogP contribution in [0.4, 0.5) is 5.69 Å². The molecule has 128 valence electrons. The van der Waals surface area contributed by atoms with Gasteiger partial charge in [-0.25, -0.2) is 12.7 Å². The molecule has 0 aliphatic carbocycles.